The smallest absolute Gasteiger partial charge is 0.344 e. The number of carbonyl (C=O) groups excluding carboxylic acids is 4. The highest BCUT2D eigenvalue weighted by Gasteiger charge is 2.19. The average molecular weight is 464 g/mol. The van der Waals surface area contributed by atoms with E-state index in [-0.39, 0.29) is 28.3 Å². The molecule has 0 spiro atoms. The molecule has 0 aliphatic carbocycles. The van der Waals surface area contributed by atoms with Crippen LogP contribution in [0.3, 0.4) is 0 Å². The molecule has 0 saturated carbocycles. The Morgan fingerprint density at radius 3 is 2.09 bits per heavy atom. The summed E-state index contributed by atoms with van der Waals surface area (Å²) >= 11 is 0. The zero-order chi connectivity index (χ0) is 24.5. The molecule has 0 fully saturated rings. The lowest BCUT2D eigenvalue weighted by Gasteiger charge is -2.11. The van der Waals surface area contributed by atoms with Crippen molar-refractivity contribution in [3.8, 4) is 11.6 Å². The highest BCUT2D eigenvalue weighted by atomic mass is 16.5. The molecule has 0 saturated heterocycles. The Morgan fingerprint density at radius 2 is 1.47 bits per heavy atom. The van der Waals surface area contributed by atoms with Crippen molar-refractivity contribution in [1.29, 1.82) is 0 Å². The van der Waals surface area contributed by atoms with Gasteiger partial charge in [-0.3, -0.25) is 4.79 Å². The molecular formula is C24H20N2O8. The van der Waals surface area contributed by atoms with Gasteiger partial charge in [-0.25, -0.2) is 19.4 Å². The number of anilines is 1. The van der Waals surface area contributed by atoms with Crippen LogP contribution in [0.2, 0.25) is 0 Å². The van der Waals surface area contributed by atoms with Crippen LogP contribution < -0.4 is 10.1 Å². The lowest BCUT2D eigenvalue weighted by Crippen LogP contribution is -2.21. The highest BCUT2D eigenvalue weighted by Crippen LogP contribution is 2.23. The van der Waals surface area contributed by atoms with Gasteiger partial charge in [-0.05, 0) is 42.5 Å². The van der Waals surface area contributed by atoms with Crippen molar-refractivity contribution in [3.05, 3.63) is 83.6 Å². The second kappa shape index (κ2) is 11.2. The molecule has 1 N–H and O–H groups in total. The van der Waals surface area contributed by atoms with Gasteiger partial charge in [0, 0.05) is 11.9 Å². The first-order chi connectivity index (χ1) is 16.4. The van der Waals surface area contributed by atoms with Crippen LogP contribution in [-0.4, -0.2) is 49.6 Å². The molecule has 174 valence electrons. The summed E-state index contributed by atoms with van der Waals surface area (Å²) in [4.78, 5) is 52.7. The van der Waals surface area contributed by atoms with Crippen LogP contribution in [0.15, 0.2) is 66.9 Å². The average Bonchev–Trinajstić information content (AvgIpc) is 2.87. The third kappa shape index (κ3) is 6.16. The molecule has 0 radical (unpaired) electrons. The fourth-order valence-corrected chi connectivity index (χ4v) is 2.80. The van der Waals surface area contributed by atoms with Gasteiger partial charge < -0.3 is 24.3 Å². The Kier molecular flexibility index (Phi) is 7.90. The first-order valence-electron chi connectivity index (χ1n) is 9.88. The van der Waals surface area contributed by atoms with Gasteiger partial charge in [0.05, 0.1) is 25.3 Å². The first kappa shape index (κ1) is 23.9. The van der Waals surface area contributed by atoms with Crippen molar-refractivity contribution in [2.24, 2.45) is 0 Å². The number of esters is 3. The first-order valence-corrected chi connectivity index (χ1v) is 9.88. The van der Waals surface area contributed by atoms with Gasteiger partial charge in [-0.1, -0.05) is 18.2 Å². The van der Waals surface area contributed by atoms with Crippen LogP contribution in [0.1, 0.15) is 31.1 Å². The van der Waals surface area contributed by atoms with Crippen LogP contribution in [-0.2, 0) is 19.0 Å². The van der Waals surface area contributed by atoms with Gasteiger partial charge in [0.1, 0.15) is 11.3 Å². The zero-order valence-corrected chi connectivity index (χ0v) is 18.3. The van der Waals surface area contributed by atoms with Crippen molar-refractivity contribution in [2.45, 2.75) is 0 Å². The summed E-state index contributed by atoms with van der Waals surface area (Å²) in [5.74, 6) is -2.47. The molecular weight excluding hydrogens is 444 g/mol. The minimum Gasteiger partial charge on any atom is -0.465 e. The predicted octanol–water partition coefficient (Wildman–Crippen LogP) is 3.24. The maximum Gasteiger partial charge on any atom is 0.344 e. The number of rotatable bonds is 8. The fraction of sp³-hybridized carbons (Fsp3) is 0.125. The largest absolute Gasteiger partial charge is 0.465 e. The van der Waals surface area contributed by atoms with Crippen LogP contribution in [0.4, 0.5) is 5.69 Å². The Morgan fingerprint density at radius 1 is 0.824 bits per heavy atom. The number of benzene rings is 2. The third-order valence-electron chi connectivity index (χ3n) is 4.34. The maximum atomic E-state index is 12.5. The molecule has 10 heteroatoms. The molecule has 0 atom stereocenters. The molecule has 3 rings (SSSR count). The van der Waals surface area contributed by atoms with Crippen LogP contribution in [0, 0.1) is 0 Å². The van der Waals surface area contributed by atoms with Gasteiger partial charge in [0.15, 0.2) is 6.61 Å². The quantitative estimate of drug-likeness (QED) is 0.394. The molecule has 0 bridgehead atoms. The Bertz CT molecular complexity index is 1180. The SMILES string of the molecule is COC(=O)c1cc(NC(=O)COC(=O)c2cccnc2Oc2ccccc2)cc(C(=O)OC)c1. The summed E-state index contributed by atoms with van der Waals surface area (Å²) in [6, 6.07) is 15.6. The van der Waals surface area contributed by atoms with E-state index in [4.69, 9.17) is 9.47 Å². The highest BCUT2D eigenvalue weighted by molar-refractivity contribution is 6.00. The van der Waals surface area contributed by atoms with E-state index in [9.17, 15) is 19.2 Å². The van der Waals surface area contributed by atoms with E-state index in [0.717, 1.165) is 0 Å². The number of nitrogens with zero attached hydrogens (tertiary/aromatic N) is 1. The molecule has 0 unspecified atom stereocenters. The van der Waals surface area contributed by atoms with E-state index in [0.29, 0.717) is 5.75 Å². The van der Waals surface area contributed by atoms with Crippen molar-refractivity contribution in [3.63, 3.8) is 0 Å². The molecule has 0 aliphatic heterocycles. The van der Waals surface area contributed by atoms with E-state index in [1.54, 1.807) is 24.3 Å². The number of pyridine rings is 1. The molecule has 1 aromatic heterocycles. The van der Waals surface area contributed by atoms with Crippen molar-refractivity contribution >= 4 is 29.5 Å². The van der Waals surface area contributed by atoms with E-state index < -0.39 is 30.4 Å². The summed E-state index contributed by atoms with van der Waals surface area (Å²) in [5.41, 5.74) is 0.185. The van der Waals surface area contributed by atoms with Gasteiger partial charge in [-0.15, -0.1) is 0 Å². The standard InChI is InChI=1S/C24H20N2O8/c1-31-22(28)15-11-16(23(29)32-2)13-17(12-15)26-20(27)14-33-24(30)19-9-6-10-25-21(19)34-18-7-4-3-5-8-18/h3-13H,14H2,1-2H3,(H,26,27). The van der Waals surface area contributed by atoms with E-state index >= 15 is 0 Å². The van der Waals surface area contributed by atoms with Crippen LogP contribution in [0.5, 0.6) is 11.6 Å². The Hall–Kier alpha value is -4.73. The second-order valence-electron chi connectivity index (χ2n) is 6.68. The summed E-state index contributed by atoms with van der Waals surface area (Å²) in [6.07, 6.45) is 1.45. The van der Waals surface area contributed by atoms with Gasteiger partial charge in [0.25, 0.3) is 5.91 Å². The summed E-state index contributed by atoms with van der Waals surface area (Å²) in [5, 5.41) is 2.46. The molecule has 1 amide bonds. The van der Waals surface area contributed by atoms with Gasteiger partial charge in [-0.2, -0.15) is 0 Å². The molecule has 2 aromatic carbocycles. The summed E-state index contributed by atoms with van der Waals surface area (Å²) < 4.78 is 20.0. The number of carbonyl (C=O) groups is 4. The van der Waals surface area contributed by atoms with Crippen molar-refractivity contribution in [1.82, 2.24) is 4.98 Å². The van der Waals surface area contributed by atoms with Crippen molar-refractivity contribution in [2.75, 3.05) is 26.1 Å². The van der Waals surface area contributed by atoms with E-state index in [2.05, 4.69) is 19.8 Å². The lowest BCUT2D eigenvalue weighted by molar-refractivity contribution is -0.119. The summed E-state index contributed by atoms with van der Waals surface area (Å²) in [7, 11) is 2.36. The molecule has 0 aliphatic rings. The van der Waals surface area contributed by atoms with Crippen LogP contribution >= 0.6 is 0 Å². The second-order valence-corrected chi connectivity index (χ2v) is 6.68. The number of hydrogen-bond donors (Lipinski definition) is 1. The molecule has 3 aromatic rings. The number of para-hydroxylation sites is 1. The number of amides is 1. The maximum absolute atomic E-state index is 12.5. The molecule has 10 nitrogen and oxygen atoms in total. The Balaban J connectivity index is 1.68. The number of aromatic nitrogens is 1. The number of hydrogen-bond acceptors (Lipinski definition) is 9. The summed E-state index contributed by atoms with van der Waals surface area (Å²) in [6.45, 7) is -0.644. The van der Waals surface area contributed by atoms with Crippen LogP contribution in [0.25, 0.3) is 0 Å². The Labute approximate surface area is 194 Å². The van der Waals surface area contributed by atoms with E-state index in [1.165, 1.54) is 50.7 Å². The van der Waals surface area contributed by atoms with Gasteiger partial charge in [0.2, 0.25) is 5.88 Å². The zero-order valence-electron chi connectivity index (χ0n) is 18.3. The minimum absolute atomic E-state index is 0.0209. The fourth-order valence-electron chi connectivity index (χ4n) is 2.80. The number of nitrogens with one attached hydrogen (secondary N) is 1. The molecule has 34 heavy (non-hydrogen) atoms. The topological polar surface area (TPSA) is 130 Å². The molecule has 1 heterocycles. The number of ether oxygens (including phenoxy) is 4. The lowest BCUT2D eigenvalue weighted by atomic mass is 10.1. The third-order valence-corrected chi connectivity index (χ3v) is 4.34. The van der Waals surface area contributed by atoms with Crippen molar-refractivity contribution < 1.29 is 38.1 Å². The van der Waals surface area contributed by atoms with Gasteiger partial charge >= 0.3 is 17.9 Å². The van der Waals surface area contributed by atoms with E-state index in [1.807, 2.05) is 6.07 Å². The minimum atomic E-state index is -0.826. The predicted molar refractivity (Wildman–Crippen MR) is 119 cm³/mol. The monoisotopic (exact) mass is 464 g/mol. The normalized spacial score (nSPS) is 10.1. The number of methoxy groups -OCH3 is 2.